The lowest BCUT2D eigenvalue weighted by Gasteiger charge is -2.13. The number of carbonyl (C=O) groups excluding carboxylic acids is 1. The minimum Gasteiger partial charge on any atom is -0.378 e. The van der Waals surface area contributed by atoms with Crippen molar-refractivity contribution in [1.29, 1.82) is 0 Å². The van der Waals surface area contributed by atoms with Crippen molar-refractivity contribution in [3.63, 3.8) is 0 Å². The standard InChI is InChI=1S/C24H20N8O2S/c1-15(18-13-7-9-16-8-5-6-12-19(16)18)26-28-24(33)21-20(14-35-17-10-3-2-4-11-17)32(31-27-21)23-22(25)29-34-30-23/h2-13,26H,1,14H2,(H2,25,29)(H,28,33). The van der Waals surface area contributed by atoms with Gasteiger partial charge in [-0.3, -0.25) is 15.6 Å². The fourth-order valence-electron chi connectivity index (χ4n) is 3.53. The molecule has 1 amide bonds. The normalized spacial score (nSPS) is 10.9. The van der Waals surface area contributed by atoms with E-state index in [1.165, 1.54) is 16.4 Å². The third-order valence-corrected chi connectivity index (χ3v) is 6.26. The zero-order valence-corrected chi connectivity index (χ0v) is 19.2. The van der Waals surface area contributed by atoms with Gasteiger partial charge >= 0.3 is 0 Å². The number of aromatic nitrogens is 5. The molecule has 35 heavy (non-hydrogen) atoms. The molecule has 4 N–H and O–H groups in total. The summed E-state index contributed by atoms with van der Waals surface area (Å²) in [6.07, 6.45) is 0. The molecule has 0 unspecified atom stereocenters. The fourth-order valence-corrected chi connectivity index (χ4v) is 4.44. The predicted octanol–water partition coefficient (Wildman–Crippen LogP) is 3.58. The van der Waals surface area contributed by atoms with Crippen LogP contribution in [0.2, 0.25) is 0 Å². The molecule has 0 spiro atoms. The number of thioether (sulfide) groups is 1. The van der Waals surface area contributed by atoms with Crippen molar-refractivity contribution in [2.24, 2.45) is 0 Å². The molecule has 2 aromatic heterocycles. The van der Waals surface area contributed by atoms with Gasteiger partial charge in [0.1, 0.15) is 0 Å². The molecule has 0 aliphatic heterocycles. The van der Waals surface area contributed by atoms with E-state index in [4.69, 9.17) is 10.4 Å². The molecule has 2 heterocycles. The number of nitrogens with two attached hydrogens (primary N) is 1. The lowest BCUT2D eigenvalue weighted by molar-refractivity contribution is 0.0936. The summed E-state index contributed by atoms with van der Waals surface area (Å²) >= 11 is 1.51. The van der Waals surface area contributed by atoms with E-state index in [2.05, 4.69) is 38.1 Å². The van der Waals surface area contributed by atoms with Crippen LogP contribution in [-0.2, 0) is 5.75 Å². The van der Waals surface area contributed by atoms with E-state index in [-0.39, 0.29) is 17.3 Å². The molecule has 10 nitrogen and oxygen atoms in total. The summed E-state index contributed by atoms with van der Waals surface area (Å²) in [5.74, 6) is 0.0796. The van der Waals surface area contributed by atoms with Crippen LogP contribution in [0.25, 0.3) is 22.3 Å². The molecular formula is C24H20N8O2S. The van der Waals surface area contributed by atoms with Crippen molar-refractivity contribution in [3.05, 3.63) is 96.3 Å². The molecule has 0 fully saturated rings. The van der Waals surface area contributed by atoms with Gasteiger partial charge in [0.15, 0.2) is 5.69 Å². The molecule has 0 saturated carbocycles. The van der Waals surface area contributed by atoms with E-state index in [9.17, 15) is 4.79 Å². The third-order valence-electron chi connectivity index (χ3n) is 5.23. The van der Waals surface area contributed by atoms with Crippen LogP contribution in [0, 0.1) is 0 Å². The van der Waals surface area contributed by atoms with Gasteiger partial charge in [-0.1, -0.05) is 72.5 Å². The van der Waals surface area contributed by atoms with Crippen molar-refractivity contribution in [3.8, 4) is 5.82 Å². The van der Waals surface area contributed by atoms with Gasteiger partial charge in [-0.15, -0.1) is 16.9 Å². The maximum absolute atomic E-state index is 13.1. The third kappa shape index (κ3) is 4.57. The molecule has 0 radical (unpaired) electrons. The van der Waals surface area contributed by atoms with Crippen LogP contribution in [0.4, 0.5) is 5.82 Å². The molecule has 3 aromatic carbocycles. The van der Waals surface area contributed by atoms with E-state index in [1.807, 2.05) is 72.8 Å². The van der Waals surface area contributed by atoms with Crippen LogP contribution in [0.1, 0.15) is 21.7 Å². The van der Waals surface area contributed by atoms with Crippen LogP contribution in [-0.4, -0.2) is 31.2 Å². The Morgan fingerprint density at radius 2 is 1.77 bits per heavy atom. The Balaban J connectivity index is 1.38. The van der Waals surface area contributed by atoms with Gasteiger partial charge in [-0.2, -0.15) is 4.68 Å². The Labute approximate surface area is 204 Å². The van der Waals surface area contributed by atoms with E-state index < -0.39 is 5.91 Å². The van der Waals surface area contributed by atoms with E-state index in [0.29, 0.717) is 17.1 Å². The zero-order valence-electron chi connectivity index (χ0n) is 18.4. The van der Waals surface area contributed by atoms with Crippen molar-refractivity contribution >= 4 is 40.0 Å². The first kappa shape index (κ1) is 22.2. The van der Waals surface area contributed by atoms with Gasteiger partial charge in [0.25, 0.3) is 5.91 Å². The summed E-state index contributed by atoms with van der Waals surface area (Å²) in [6, 6.07) is 23.6. The quantitative estimate of drug-likeness (QED) is 0.223. The van der Waals surface area contributed by atoms with Gasteiger partial charge in [0, 0.05) is 16.2 Å². The molecule has 0 bridgehead atoms. The molecule has 0 aliphatic rings. The summed E-state index contributed by atoms with van der Waals surface area (Å²) in [6.45, 7) is 4.08. The molecular weight excluding hydrogens is 464 g/mol. The number of hydrogen-bond acceptors (Lipinski definition) is 9. The number of hydrogen-bond donors (Lipinski definition) is 3. The topological polar surface area (TPSA) is 137 Å². The molecule has 5 aromatic rings. The summed E-state index contributed by atoms with van der Waals surface area (Å²) in [7, 11) is 0. The Hall–Kier alpha value is -4.64. The van der Waals surface area contributed by atoms with Crippen LogP contribution in [0.5, 0.6) is 0 Å². The van der Waals surface area contributed by atoms with Crippen molar-refractivity contribution in [2.75, 3.05) is 5.73 Å². The van der Waals surface area contributed by atoms with Crippen LogP contribution in [0.15, 0.2) is 88.9 Å². The maximum atomic E-state index is 13.1. The summed E-state index contributed by atoms with van der Waals surface area (Å²) < 4.78 is 6.06. The minimum absolute atomic E-state index is 0.0373. The monoisotopic (exact) mass is 484 g/mol. The highest BCUT2D eigenvalue weighted by molar-refractivity contribution is 7.98. The van der Waals surface area contributed by atoms with Gasteiger partial charge in [0.05, 0.1) is 11.4 Å². The fraction of sp³-hybridized carbons (Fsp3) is 0.0417. The number of nitrogens with one attached hydrogen (secondary N) is 2. The highest BCUT2D eigenvalue weighted by Gasteiger charge is 2.24. The second-order valence-corrected chi connectivity index (χ2v) is 8.50. The first-order valence-electron chi connectivity index (χ1n) is 10.6. The van der Waals surface area contributed by atoms with E-state index in [0.717, 1.165) is 21.2 Å². The second kappa shape index (κ2) is 9.69. The van der Waals surface area contributed by atoms with E-state index >= 15 is 0 Å². The number of amides is 1. The van der Waals surface area contributed by atoms with Gasteiger partial charge in [-0.05, 0) is 33.2 Å². The Kier molecular flexibility index (Phi) is 6.14. The number of rotatable bonds is 8. The second-order valence-electron chi connectivity index (χ2n) is 7.46. The summed E-state index contributed by atoms with van der Waals surface area (Å²) in [4.78, 5) is 14.1. The first-order chi connectivity index (χ1) is 17.1. The van der Waals surface area contributed by atoms with Gasteiger partial charge in [-0.25, -0.2) is 4.63 Å². The summed E-state index contributed by atoms with van der Waals surface area (Å²) in [5, 5.41) is 17.6. The number of fused-ring (bicyclic) bond motifs is 1. The Bertz CT molecular complexity index is 1510. The highest BCUT2D eigenvalue weighted by Crippen LogP contribution is 2.26. The number of anilines is 1. The smallest absolute Gasteiger partial charge is 0.292 e. The van der Waals surface area contributed by atoms with Crippen LogP contribution < -0.4 is 16.6 Å². The lowest BCUT2D eigenvalue weighted by Crippen LogP contribution is -2.36. The van der Waals surface area contributed by atoms with Crippen LogP contribution >= 0.6 is 11.8 Å². The average molecular weight is 485 g/mol. The number of hydrazine groups is 1. The largest absolute Gasteiger partial charge is 0.378 e. The minimum atomic E-state index is -0.490. The SMILES string of the molecule is C=C(NNC(=O)c1nnn(-c2nonc2N)c1CSc1ccccc1)c1cccc2ccccc12. The number of nitrogen functional groups attached to an aromatic ring is 1. The van der Waals surface area contributed by atoms with Crippen molar-refractivity contribution in [1.82, 2.24) is 36.2 Å². The molecule has 174 valence electrons. The predicted molar refractivity (Wildman–Crippen MR) is 133 cm³/mol. The number of nitrogens with zero attached hydrogens (tertiary/aromatic N) is 5. The average Bonchev–Trinajstić information content (AvgIpc) is 3.51. The lowest BCUT2D eigenvalue weighted by atomic mass is 10.0. The molecule has 5 rings (SSSR count). The molecule has 0 saturated heterocycles. The Morgan fingerprint density at radius 1 is 1.00 bits per heavy atom. The van der Waals surface area contributed by atoms with Crippen molar-refractivity contribution in [2.45, 2.75) is 10.6 Å². The molecule has 11 heteroatoms. The number of carbonyl (C=O) groups is 1. The van der Waals surface area contributed by atoms with Crippen LogP contribution in [0.3, 0.4) is 0 Å². The molecule has 0 atom stereocenters. The summed E-state index contributed by atoms with van der Waals surface area (Å²) in [5.41, 5.74) is 13.4. The zero-order chi connectivity index (χ0) is 24.2. The van der Waals surface area contributed by atoms with E-state index in [1.54, 1.807) is 0 Å². The maximum Gasteiger partial charge on any atom is 0.292 e. The van der Waals surface area contributed by atoms with Gasteiger partial charge in [0.2, 0.25) is 11.6 Å². The number of benzene rings is 3. The first-order valence-corrected chi connectivity index (χ1v) is 11.5. The Morgan fingerprint density at radius 3 is 2.57 bits per heavy atom. The highest BCUT2D eigenvalue weighted by atomic mass is 32.2. The molecule has 0 aliphatic carbocycles. The van der Waals surface area contributed by atoms with Crippen molar-refractivity contribution < 1.29 is 9.42 Å². The van der Waals surface area contributed by atoms with Gasteiger partial charge < -0.3 is 5.73 Å².